The number of nitrogens with two attached hydrogens (primary N) is 1. The molecular formula is C22H17N3O4S. The maximum atomic E-state index is 13.1. The van der Waals surface area contributed by atoms with Gasteiger partial charge in [-0.25, -0.2) is 13.4 Å². The van der Waals surface area contributed by atoms with Gasteiger partial charge in [-0.15, -0.1) is 0 Å². The fourth-order valence-electron chi connectivity index (χ4n) is 3.22. The summed E-state index contributed by atoms with van der Waals surface area (Å²) in [5.74, 6) is -0.897. The van der Waals surface area contributed by atoms with Gasteiger partial charge in [0.2, 0.25) is 5.91 Å². The van der Waals surface area contributed by atoms with Gasteiger partial charge in [-0.1, -0.05) is 24.3 Å². The fraction of sp³-hybridized carbons (Fsp3) is 0.0455. The number of hydrogen-bond acceptors (Lipinski definition) is 5. The van der Waals surface area contributed by atoms with Crippen molar-refractivity contribution in [1.82, 2.24) is 9.97 Å². The minimum absolute atomic E-state index is 0.203. The van der Waals surface area contributed by atoms with E-state index in [1.807, 2.05) is 0 Å². The third-order valence-corrected chi connectivity index (χ3v) is 5.89. The minimum Gasteiger partial charge on any atom is -0.366 e. The quantitative estimate of drug-likeness (QED) is 0.482. The molecule has 0 fully saturated rings. The number of sulfone groups is 1. The summed E-state index contributed by atoms with van der Waals surface area (Å²) in [4.78, 5) is 32.0. The second kappa shape index (κ2) is 7.23. The Labute approximate surface area is 172 Å². The number of aromatic amines is 1. The molecule has 4 aromatic rings. The molecule has 0 saturated heterocycles. The van der Waals surface area contributed by atoms with Crippen LogP contribution in [0.3, 0.4) is 0 Å². The molecule has 2 aromatic carbocycles. The van der Waals surface area contributed by atoms with Gasteiger partial charge in [-0.2, -0.15) is 0 Å². The van der Waals surface area contributed by atoms with Gasteiger partial charge >= 0.3 is 0 Å². The Morgan fingerprint density at radius 1 is 0.967 bits per heavy atom. The summed E-state index contributed by atoms with van der Waals surface area (Å²) >= 11 is 0. The Hall–Kier alpha value is -3.78. The van der Waals surface area contributed by atoms with Gasteiger partial charge in [0.1, 0.15) is 5.65 Å². The van der Waals surface area contributed by atoms with E-state index >= 15 is 0 Å². The molecule has 7 nitrogen and oxygen atoms in total. The first-order valence-corrected chi connectivity index (χ1v) is 10.9. The van der Waals surface area contributed by atoms with Crippen LogP contribution in [0.25, 0.3) is 22.2 Å². The van der Waals surface area contributed by atoms with E-state index in [0.29, 0.717) is 33.3 Å². The monoisotopic (exact) mass is 419 g/mol. The lowest BCUT2D eigenvalue weighted by atomic mass is 9.99. The van der Waals surface area contributed by atoms with Crippen molar-refractivity contribution in [3.05, 3.63) is 83.7 Å². The Kier molecular flexibility index (Phi) is 4.71. The second-order valence-corrected chi connectivity index (χ2v) is 8.91. The van der Waals surface area contributed by atoms with E-state index in [9.17, 15) is 18.0 Å². The van der Waals surface area contributed by atoms with Crippen LogP contribution >= 0.6 is 0 Å². The molecule has 0 atom stereocenters. The van der Waals surface area contributed by atoms with Crippen molar-refractivity contribution in [3.63, 3.8) is 0 Å². The molecule has 8 heteroatoms. The average molecular weight is 419 g/mol. The largest absolute Gasteiger partial charge is 0.366 e. The number of carbonyl (C=O) groups is 2. The van der Waals surface area contributed by atoms with E-state index in [0.717, 1.165) is 6.26 Å². The van der Waals surface area contributed by atoms with Gasteiger partial charge < -0.3 is 10.7 Å². The molecule has 0 saturated carbocycles. The molecule has 150 valence electrons. The Morgan fingerprint density at radius 2 is 1.70 bits per heavy atom. The van der Waals surface area contributed by atoms with Gasteiger partial charge in [0.15, 0.2) is 15.6 Å². The van der Waals surface area contributed by atoms with E-state index in [1.165, 1.54) is 12.1 Å². The van der Waals surface area contributed by atoms with Crippen LogP contribution in [0.1, 0.15) is 26.3 Å². The van der Waals surface area contributed by atoms with Crippen LogP contribution in [0.15, 0.2) is 71.9 Å². The summed E-state index contributed by atoms with van der Waals surface area (Å²) in [5, 5.41) is 0.590. The Bertz CT molecular complexity index is 1420. The summed E-state index contributed by atoms with van der Waals surface area (Å²) in [5.41, 5.74) is 8.14. The summed E-state index contributed by atoms with van der Waals surface area (Å²) < 4.78 is 23.7. The predicted molar refractivity (Wildman–Crippen MR) is 113 cm³/mol. The van der Waals surface area contributed by atoms with E-state index in [-0.39, 0.29) is 16.2 Å². The SMILES string of the molecule is CS(=O)(=O)c1cccc(-c2cnc3[nH]cc(C(=O)c4cccc(C(N)=O)c4)c3c2)c1. The first-order valence-electron chi connectivity index (χ1n) is 8.96. The molecule has 0 aliphatic heterocycles. The molecular weight excluding hydrogens is 402 g/mol. The van der Waals surface area contributed by atoms with Crippen molar-refractivity contribution >= 4 is 32.6 Å². The highest BCUT2D eigenvalue weighted by molar-refractivity contribution is 7.90. The molecule has 3 N–H and O–H groups in total. The number of carbonyl (C=O) groups excluding carboxylic acids is 2. The van der Waals surface area contributed by atoms with Crippen LogP contribution < -0.4 is 5.73 Å². The van der Waals surface area contributed by atoms with Crippen LogP contribution in [-0.2, 0) is 9.84 Å². The first-order chi connectivity index (χ1) is 14.2. The molecule has 0 spiro atoms. The van der Waals surface area contributed by atoms with Crippen molar-refractivity contribution < 1.29 is 18.0 Å². The number of hydrogen-bond donors (Lipinski definition) is 2. The van der Waals surface area contributed by atoms with E-state index in [1.54, 1.807) is 54.9 Å². The molecule has 1 amide bonds. The highest BCUT2D eigenvalue weighted by Crippen LogP contribution is 2.27. The Balaban J connectivity index is 1.80. The van der Waals surface area contributed by atoms with Crippen LogP contribution in [0.4, 0.5) is 0 Å². The molecule has 0 bridgehead atoms. The lowest BCUT2D eigenvalue weighted by Gasteiger charge is -2.06. The summed E-state index contributed by atoms with van der Waals surface area (Å²) in [7, 11) is -3.35. The number of nitrogens with zero attached hydrogens (tertiary/aromatic N) is 1. The molecule has 0 aliphatic rings. The third kappa shape index (κ3) is 3.60. The topological polar surface area (TPSA) is 123 Å². The second-order valence-electron chi connectivity index (χ2n) is 6.90. The zero-order valence-electron chi connectivity index (χ0n) is 15.9. The fourth-order valence-corrected chi connectivity index (χ4v) is 3.89. The van der Waals surface area contributed by atoms with E-state index in [2.05, 4.69) is 9.97 Å². The standard InChI is InChI=1S/C22H17N3O4S/c1-30(28,29)17-7-3-4-13(9-17)16-10-18-19(12-25-22(18)24-11-16)20(26)14-5-2-6-15(8-14)21(23)27/h2-12H,1H3,(H2,23,27)(H,24,25). The van der Waals surface area contributed by atoms with E-state index in [4.69, 9.17) is 5.73 Å². The zero-order valence-corrected chi connectivity index (χ0v) is 16.7. The zero-order chi connectivity index (χ0) is 21.5. The van der Waals surface area contributed by atoms with Gasteiger partial charge in [0.25, 0.3) is 0 Å². The molecule has 4 rings (SSSR count). The number of benzene rings is 2. The van der Waals surface area contributed by atoms with Crippen LogP contribution in [0.5, 0.6) is 0 Å². The third-order valence-electron chi connectivity index (χ3n) is 4.78. The molecule has 2 aromatic heterocycles. The molecule has 0 unspecified atom stereocenters. The van der Waals surface area contributed by atoms with Gasteiger partial charge in [-0.05, 0) is 35.9 Å². The molecule has 2 heterocycles. The molecule has 0 radical (unpaired) electrons. The van der Waals surface area contributed by atoms with Crippen molar-refractivity contribution in [2.24, 2.45) is 5.73 Å². The normalized spacial score (nSPS) is 11.5. The summed E-state index contributed by atoms with van der Waals surface area (Å²) in [6.07, 6.45) is 4.33. The average Bonchev–Trinajstić information content (AvgIpc) is 3.16. The highest BCUT2D eigenvalue weighted by Gasteiger charge is 2.17. The number of aromatic nitrogens is 2. The molecule has 30 heavy (non-hydrogen) atoms. The van der Waals surface area contributed by atoms with Gasteiger partial charge in [0.05, 0.1) is 4.90 Å². The van der Waals surface area contributed by atoms with Crippen LogP contribution in [0.2, 0.25) is 0 Å². The summed E-state index contributed by atoms with van der Waals surface area (Å²) in [6, 6.07) is 14.5. The number of pyridine rings is 1. The van der Waals surface area contributed by atoms with Crippen molar-refractivity contribution in [2.75, 3.05) is 6.26 Å². The lowest BCUT2D eigenvalue weighted by molar-refractivity contribution is 0.1000. The first kappa shape index (κ1) is 19.5. The van der Waals surface area contributed by atoms with Gasteiger partial charge in [-0.3, -0.25) is 9.59 Å². The maximum absolute atomic E-state index is 13.1. The predicted octanol–water partition coefficient (Wildman–Crippen LogP) is 2.96. The van der Waals surface area contributed by atoms with Crippen molar-refractivity contribution in [3.8, 4) is 11.1 Å². The van der Waals surface area contributed by atoms with Gasteiger partial charge in [0, 0.05) is 46.3 Å². The number of H-pyrrole nitrogens is 1. The molecule has 0 aliphatic carbocycles. The minimum atomic E-state index is -3.35. The van der Waals surface area contributed by atoms with Crippen molar-refractivity contribution in [2.45, 2.75) is 4.90 Å². The number of amides is 1. The number of ketones is 1. The lowest BCUT2D eigenvalue weighted by Crippen LogP contribution is -2.12. The van der Waals surface area contributed by atoms with Crippen LogP contribution in [0, 0.1) is 0 Å². The van der Waals surface area contributed by atoms with E-state index < -0.39 is 15.7 Å². The maximum Gasteiger partial charge on any atom is 0.248 e. The van der Waals surface area contributed by atoms with Crippen LogP contribution in [-0.4, -0.2) is 36.3 Å². The number of fused-ring (bicyclic) bond motifs is 1. The number of primary amides is 1. The smallest absolute Gasteiger partial charge is 0.248 e. The highest BCUT2D eigenvalue weighted by atomic mass is 32.2. The Morgan fingerprint density at radius 3 is 2.43 bits per heavy atom. The number of rotatable bonds is 5. The number of nitrogens with one attached hydrogen (secondary N) is 1. The summed E-state index contributed by atoms with van der Waals surface area (Å²) in [6.45, 7) is 0. The van der Waals surface area contributed by atoms with Crippen molar-refractivity contribution in [1.29, 1.82) is 0 Å².